The normalized spacial score (nSPS) is 17.3. The molecule has 0 radical (unpaired) electrons. The molecule has 3 rings (SSSR count). The van der Waals surface area contributed by atoms with Crippen molar-refractivity contribution >= 4 is 35.1 Å². The molecule has 0 bridgehead atoms. The van der Waals surface area contributed by atoms with Gasteiger partial charge in [-0.2, -0.15) is 23.1 Å². The maximum Gasteiger partial charge on any atom is 0.416 e. The second-order valence-corrected chi connectivity index (χ2v) is 6.55. The van der Waals surface area contributed by atoms with Gasteiger partial charge < -0.3 is 5.32 Å². The molecule has 1 aliphatic carbocycles. The van der Waals surface area contributed by atoms with Gasteiger partial charge in [0.2, 0.25) is 11.2 Å². The number of nitrogens with one attached hydrogen (secondary N) is 2. The number of hydrogen-bond donors (Lipinski definition) is 2. The third kappa shape index (κ3) is 4.94. The van der Waals surface area contributed by atoms with E-state index in [9.17, 15) is 22.8 Å². The summed E-state index contributed by atoms with van der Waals surface area (Å²) in [5, 5.41) is 4.37. The van der Waals surface area contributed by atoms with E-state index < -0.39 is 23.7 Å². The summed E-state index contributed by atoms with van der Waals surface area (Å²) >= 11 is 5.86. The Bertz CT molecular complexity index is 907. The number of Topliss-reactive ketones (excluding diaryl/α,β-unsaturated/α-hetero) is 1. The molecule has 1 unspecified atom stereocenters. The van der Waals surface area contributed by atoms with Crippen LogP contribution in [0.25, 0.3) is 0 Å². The molecule has 0 spiro atoms. The summed E-state index contributed by atoms with van der Waals surface area (Å²) in [5.74, 6) is -0.550. The number of alkyl halides is 3. The number of aromatic nitrogens is 3. The van der Waals surface area contributed by atoms with Gasteiger partial charge in [-0.3, -0.25) is 10.1 Å². The highest BCUT2D eigenvalue weighted by Crippen LogP contribution is 2.31. The number of carbonyl (C=O) groups is 2. The highest BCUT2D eigenvalue weighted by Gasteiger charge is 2.30. The molecule has 2 amide bonds. The third-order valence-electron chi connectivity index (χ3n) is 4.16. The number of benzene rings is 1. The Morgan fingerprint density at radius 1 is 1.14 bits per heavy atom. The lowest BCUT2D eigenvalue weighted by atomic mass is 9.87. The zero-order valence-electron chi connectivity index (χ0n) is 14.4. The maximum atomic E-state index is 12.8. The molecule has 1 aromatic heterocycles. The molecule has 11 heteroatoms. The van der Waals surface area contributed by atoms with E-state index in [1.165, 1.54) is 12.1 Å². The van der Waals surface area contributed by atoms with E-state index in [0.29, 0.717) is 12.8 Å². The highest BCUT2D eigenvalue weighted by molar-refractivity contribution is 6.28. The zero-order valence-corrected chi connectivity index (χ0v) is 15.1. The lowest BCUT2D eigenvalue weighted by molar-refractivity contribution is -0.137. The molecule has 1 heterocycles. The Balaban J connectivity index is 1.73. The lowest BCUT2D eigenvalue weighted by Gasteiger charge is -2.19. The second-order valence-electron chi connectivity index (χ2n) is 6.21. The van der Waals surface area contributed by atoms with Crippen molar-refractivity contribution in [1.82, 2.24) is 15.0 Å². The predicted molar refractivity (Wildman–Crippen MR) is 95.1 cm³/mol. The van der Waals surface area contributed by atoms with Gasteiger partial charge in [0, 0.05) is 12.1 Å². The fourth-order valence-corrected chi connectivity index (χ4v) is 3.04. The second kappa shape index (κ2) is 8.09. The van der Waals surface area contributed by atoms with E-state index >= 15 is 0 Å². The molecule has 1 fully saturated rings. The van der Waals surface area contributed by atoms with E-state index in [1.54, 1.807) is 0 Å². The molecule has 148 valence electrons. The Kier molecular flexibility index (Phi) is 5.78. The predicted octanol–water partition coefficient (Wildman–Crippen LogP) is 4.41. The molecular formula is C17H15ClF3N5O2. The minimum atomic E-state index is -4.53. The lowest BCUT2D eigenvalue weighted by Crippen LogP contribution is -2.24. The molecule has 2 aromatic rings. The number of anilines is 2. The average molecular weight is 414 g/mol. The Morgan fingerprint density at radius 2 is 1.93 bits per heavy atom. The fraction of sp³-hybridized carbons (Fsp3) is 0.353. The molecule has 28 heavy (non-hydrogen) atoms. The smallest absolute Gasteiger partial charge is 0.308 e. The van der Waals surface area contributed by atoms with Crippen molar-refractivity contribution in [3.8, 4) is 0 Å². The molecule has 1 aromatic carbocycles. The number of hydrogen-bond acceptors (Lipinski definition) is 5. The average Bonchev–Trinajstić information content (AvgIpc) is 2.61. The van der Waals surface area contributed by atoms with Gasteiger partial charge in [0.05, 0.1) is 11.5 Å². The summed E-state index contributed by atoms with van der Waals surface area (Å²) in [6, 6.07) is 3.31. The molecule has 0 saturated heterocycles. The Hall–Kier alpha value is -2.75. The minimum Gasteiger partial charge on any atom is -0.308 e. The van der Waals surface area contributed by atoms with E-state index in [1.807, 2.05) is 0 Å². The highest BCUT2D eigenvalue weighted by atomic mass is 35.5. The van der Waals surface area contributed by atoms with Gasteiger partial charge in [-0.25, -0.2) is 9.78 Å². The summed E-state index contributed by atoms with van der Waals surface area (Å²) in [5.41, 5.74) is -0.957. The summed E-state index contributed by atoms with van der Waals surface area (Å²) in [6.07, 6.45) is -1.88. The molecule has 0 aliphatic heterocycles. The zero-order chi connectivity index (χ0) is 20.3. The van der Waals surface area contributed by atoms with Gasteiger partial charge in [-0.1, -0.05) is 12.5 Å². The molecule has 2 N–H and O–H groups in total. The summed E-state index contributed by atoms with van der Waals surface area (Å²) in [4.78, 5) is 36.0. The van der Waals surface area contributed by atoms with Crippen molar-refractivity contribution in [3.63, 3.8) is 0 Å². The third-order valence-corrected chi connectivity index (χ3v) is 4.33. The first kappa shape index (κ1) is 20.0. The summed E-state index contributed by atoms with van der Waals surface area (Å²) in [6.45, 7) is 0. The van der Waals surface area contributed by atoms with Crippen molar-refractivity contribution in [1.29, 1.82) is 0 Å². The van der Waals surface area contributed by atoms with E-state index in [4.69, 9.17) is 11.6 Å². The van der Waals surface area contributed by atoms with Gasteiger partial charge in [0.1, 0.15) is 11.6 Å². The first-order valence-electron chi connectivity index (χ1n) is 8.42. The van der Waals surface area contributed by atoms with Crippen LogP contribution in [0.15, 0.2) is 24.3 Å². The Morgan fingerprint density at radius 3 is 2.64 bits per heavy atom. The number of halogens is 4. The van der Waals surface area contributed by atoms with Crippen molar-refractivity contribution in [2.75, 3.05) is 10.6 Å². The van der Waals surface area contributed by atoms with Crippen LogP contribution in [-0.4, -0.2) is 26.8 Å². The van der Waals surface area contributed by atoms with Crippen LogP contribution in [0, 0.1) is 0 Å². The summed E-state index contributed by atoms with van der Waals surface area (Å²) < 4.78 is 38.3. The van der Waals surface area contributed by atoms with Crippen LogP contribution in [0.1, 0.15) is 43.0 Å². The number of amides is 2. The van der Waals surface area contributed by atoms with Gasteiger partial charge in [0.25, 0.3) is 0 Å². The van der Waals surface area contributed by atoms with Crippen LogP contribution < -0.4 is 10.6 Å². The van der Waals surface area contributed by atoms with E-state index in [2.05, 4.69) is 25.6 Å². The monoisotopic (exact) mass is 413 g/mol. The summed E-state index contributed by atoms with van der Waals surface area (Å²) in [7, 11) is 0. The standard InChI is InChI=1S/C17H15ClF3N5O2/c18-14-23-13(11-6-1-2-7-12(11)27)24-15(25-14)26-16(28)22-10-5-3-4-9(8-10)17(19,20)21/h3-5,8,11H,1-2,6-7H2,(H2,22,23,24,25,26,28). The molecule has 7 nitrogen and oxygen atoms in total. The minimum absolute atomic E-state index is 0.00659. The van der Waals surface area contributed by atoms with Gasteiger partial charge in [0.15, 0.2) is 0 Å². The van der Waals surface area contributed by atoms with E-state index in [0.717, 1.165) is 25.0 Å². The van der Waals surface area contributed by atoms with Crippen LogP contribution in [0.3, 0.4) is 0 Å². The maximum absolute atomic E-state index is 12.8. The SMILES string of the molecule is O=C(Nc1cccc(C(F)(F)F)c1)Nc1nc(Cl)nc(C2CCCCC2=O)n1. The van der Waals surface area contributed by atoms with Crippen LogP contribution in [-0.2, 0) is 11.0 Å². The van der Waals surface area contributed by atoms with Crippen LogP contribution in [0.5, 0.6) is 0 Å². The fourth-order valence-electron chi connectivity index (χ4n) is 2.87. The molecular weight excluding hydrogens is 399 g/mol. The van der Waals surface area contributed by atoms with Crippen molar-refractivity contribution in [2.45, 2.75) is 37.8 Å². The number of nitrogens with zero attached hydrogens (tertiary/aromatic N) is 3. The molecule has 1 saturated carbocycles. The van der Waals surface area contributed by atoms with Crippen LogP contribution >= 0.6 is 11.6 Å². The number of carbonyl (C=O) groups excluding carboxylic acids is 2. The van der Waals surface area contributed by atoms with Gasteiger partial charge in [-0.15, -0.1) is 0 Å². The van der Waals surface area contributed by atoms with Gasteiger partial charge >= 0.3 is 12.2 Å². The number of rotatable bonds is 3. The number of urea groups is 1. The van der Waals surface area contributed by atoms with Gasteiger partial charge in [-0.05, 0) is 42.6 Å². The largest absolute Gasteiger partial charge is 0.416 e. The van der Waals surface area contributed by atoms with Crippen molar-refractivity contribution in [3.05, 3.63) is 40.9 Å². The first-order chi connectivity index (χ1) is 13.2. The van der Waals surface area contributed by atoms with Crippen molar-refractivity contribution in [2.24, 2.45) is 0 Å². The Labute approximate surface area is 162 Å². The quantitative estimate of drug-likeness (QED) is 0.776. The topological polar surface area (TPSA) is 96.9 Å². The molecule has 1 atom stereocenters. The molecule has 1 aliphatic rings. The van der Waals surface area contributed by atoms with Crippen molar-refractivity contribution < 1.29 is 22.8 Å². The van der Waals surface area contributed by atoms with E-state index in [-0.39, 0.29) is 28.5 Å². The van der Waals surface area contributed by atoms with Crippen LogP contribution in [0.2, 0.25) is 5.28 Å². The first-order valence-corrected chi connectivity index (χ1v) is 8.79. The number of ketones is 1. The van der Waals surface area contributed by atoms with Crippen LogP contribution in [0.4, 0.5) is 29.6 Å².